The molecule has 6 nitrogen and oxygen atoms in total. The highest BCUT2D eigenvalue weighted by atomic mass is 16.5. The fourth-order valence-corrected chi connectivity index (χ4v) is 4.79. The van der Waals surface area contributed by atoms with Crippen LogP contribution in [0.5, 0.6) is 17.2 Å². The standard InChI is InChI=1S/C26H24N2O4/c1-16-12-18(13-24(29)28(16)17-10-11-17)31-19-14-27(15-19)26(30)25-20-6-2-4-8-22(20)32-23-9-5-3-7-21(23)25/h2-9,12-13,17,19,25H,10-11,14-15H2,1H3. The van der Waals surface area contributed by atoms with E-state index in [0.717, 1.165) is 41.2 Å². The molecule has 0 bridgehead atoms. The van der Waals surface area contributed by atoms with Gasteiger partial charge in [0, 0.05) is 28.9 Å². The molecule has 3 aliphatic rings. The molecule has 162 valence electrons. The average molecular weight is 428 g/mol. The van der Waals surface area contributed by atoms with Crippen molar-refractivity contribution in [2.24, 2.45) is 0 Å². The first kappa shape index (κ1) is 19.2. The number of ether oxygens (including phenoxy) is 2. The Hall–Kier alpha value is -3.54. The molecule has 1 saturated carbocycles. The normalized spacial score (nSPS) is 17.7. The lowest BCUT2D eigenvalue weighted by molar-refractivity contribution is -0.140. The number of pyridine rings is 1. The van der Waals surface area contributed by atoms with E-state index in [1.54, 1.807) is 6.07 Å². The zero-order valence-electron chi connectivity index (χ0n) is 17.9. The molecule has 2 fully saturated rings. The third kappa shape index (κ3) is 3.18. The van der Waals surface area contributed by atoms with Crippen LogP contribution in [0.25, 0.3) is 0 Å². The largest absolute Gasteiger partial charge is 0.486 e. The van der Waals surface area contributed by atoms with E-state index in [-0.39, 0.29) is 23.5 Å². The van der Waals surface area contributed by atoms with Crippen LogP contribution in [-0.2, 0) is 4.79 Å². The Bertz CT molecular complexity index is 1230. The van der Waals surface area contributed by atoms with Crippen molar-refractivity contribution in [3.63, 3.8) is 0 Å². The van der Waals surface area contributed by atoms with E-state index in [4.69, 9.17) is 9.47 Å². The number of nitrogens with zero attached hydrogens (tertiary/aromatic N) is 2. The molecule has 6 rings (SSSR count). The van der Waals surface area contributed by atoms with Crippen molar-refractivity contribution in [2.75, 3.05) is 13.1 Å². The summed E-state index contributed by atoms with van der Waals surface area (Å²) in [4.78, 5) is 27.8. The lowest BCUT2D eigenvalue weighted by Gasteiger charge is -2.41. The number of para-hydroxylation sites is 2. The van der Waals surface area contributed by atoms with Gasteiger partial charge in [-0.25, -0.2) is 0 Å². The van der Waals surface area contributed by atoms with Crippen LogP contribution in [0.3, 0.4) is 0 Å². The maximum absolute atomic E-state index is 13.5. The van der Waals surface area contributed by atoms with Crippen LogP contribution in [-0.4, -0.2) is 34.6 Å². The fraction of sp³-hybridized carbons (Fsp3) is 0.308. The van der Waals surface area contributed by atoms with Gasteiger partial charge < -0.3 is 18.9 Å². The first-order valence-corrected chi connectivity index (χ1v) is 11.1. The van der Waals surface area contributed by atoms with Crippen LogP contribution in [0.15, 0.2) is 65.5 Å². The smallest absolute Gasteiger partial charge is 0.254 e. The number of amides is 1. The fourth-order valence-electron chi connectivity index (χ4n) is 4.79. The minimum Gasteiger partial charge on any atom is -0.486 e. The zero-order chi connectivity index (χ0) is 21.8. The molecule has 2 aliphatic heterocycles. The highest BCUT2D eigenvalue weighted by molar-refractivity contribution is 5.90. The lowest BCUT2D eigenvalue weighted by atomic mass is 9.86. The molecule has 0 unspecified atom stereocenters. The van der Waals surface area contributed by atoms with Crippen LogP contribution in [0.1, 0.15) is 41.6 Å². The van der Waals surface area contributed by atoms with Crippen molar-refractivity contribution >= 4 is 5.91 Å². The van der Waals surface area contributed by atoms with E-state index in [1.165, 1.54) is 0 Å². The molecule has 0 N–H and O–H groups in total. The molecule has 3 heterocycles. The van der Waals surface area contributed by atoms with Gasteiger partial charge in [-0.05, 0) is 38.0 Å². The van der Waals surface area contributed by atoms with Crippen molar-refractivity contribution in [1.29, 1.82) is 0 Å². The van der Waals surface area contributed by atoms with Gasteiger partial charge in [-0.2, -0.15) is 0 Å². The molecule has 0 atom stereocenters. The molecular weight excluding hydrogens is 404 g/mol. The maximum atomic E-state index is 13.5. The lowest BCUT2D eigenvalue weighted by Crippen LogP contribution is -2.57. The number of rotatable bonds is 4. The van der Waals surface area contributed by atoms with Gasteiger partial charge in [0.05, 0.1) is 19.0 Å². The first-order valence-electron chi connectivity index (χ1n) is 11.1. The highest BCUT2D eigenvalue weighted by Crippen LogP contribution is 2.45. The van der Waals surface area contributed by atoms with Crippen molar-refractivity contribution in [2.45, 2.75) is 37.8 Å². The number of carbonyl (C=O) groups excluding carboxylic acids is 1. The summed E-state index contributed by atoms with van der Waals surface area (Å²) >= 11 is 0. The molecule has 1 aromatic heterocycles. The number of hydrogen-bond acceptors (Lipinski definition) is 4. The Kier molecular flexibility index (Phi) is 4.35. The third-order valence-electron chi connectivity index (χ3n) is 6.54. The summed E-state index contributed by atoms with van der Waals surface area (Å²) in [5, 5.41) is 0. The van der Waals surface area contributed by atoms with E-state index < -0.39 is 0 Å². The molecule has 1 aliphatic carbocycles. The quantitative estimate of drug-likeness (QED) is 0.630. The molecule has 1 amide bonds. The average Bonchev–Trinajstić information content (AvgIpc) is 3.58. The summed E-state index contributed by atoms with van der Waals surface area (Å²) < 4.78 is 13.9. The Morgan fingerprint density at radius 3 is 2.19 bits per heavy atom. The number of fused-ring (bicyclic) bond motifs is 2. The number of aryl methyl sites for hydroxylation is 1. The van der Waals surface area contributed by atoms with Gasteiger partial charge in [0.25, 0.3) is 5.56 Å². The van der Waals surface area contributed by atoms with Gasteiger partial charge >= 0.3 is 0 Å². The van der Waals surface area contributed by atoms with Gasteiger partial charge in [0.1, 0.15) is 23.4 Å². The predicted octanol–water partition coefficient (Wildman–Crippen LogP) is 4.02. The van der Waals surface area contributed by atoms with E-state index in [2.05, 4.69) is 0 Å². The van der Waals surface area contributed by atoms with Crippen molar-refractivity contribution in [3.05, 3.63) is 87.8 Å². The Labute approximate surface area is 186 Å². The first-order chi connectivity index (χ1) is 15.6. The third-order valence-corrected chi connectivity index (χ3v) is 6.54. The van der Waals surface area contributed by atoms with Gasteiger partial charge in [-0.3, -0.25) is 9.59 Å². The van der Waals surface area contributed by atoms with Crippen LogP contribution >= 0.6 is 0 Å². The van der Waals surface area contributed by atoms with Crippen LogP contribution in [0, 0.1) is 6.92 Å². The summed E-state index contributed by atoms with van der Waals surface area (Å²) in [6, 6.07) is 19.3. The van der Waals surface area contributed by atoms with E-state index in [9.17, 15) is 9.59 Å². The SMILES string of the molecule is Cc1cc(OC2CN(C(=O)C3c4ccccc4Oc4ccccc43)C2)cc(=O)n1C1CC1. The Balaban J connectivity index is 1.19. The summed E-state index contributed by atoms with van der Waals surface area (Å²) in [6.45, 7) is 2.96. The van der Waals surface area contributed by atoms with E-state index >= 15 is 0 Å². The van der Waals surface area contributed by atoms with E-state index in [1.807, 2.05) is 71.0 Å². The van der Waals surface area contributed by atoms with Gasteiger partial charge in [-0.15, -0.1) is 0 Å². The summed E-state index contributed by atoms with van der Waals surface area (Å²) in [5.41, 5.74) is 2.70. The number of hydrogen-bond donors (Lipinski definition) is 0. The summed E-state index contributed by atoms with van der Waals surface area (Å²) in [6.07, 6.45) is 2.03. The van der Waals surface area contributed by atoms with Crippen LogP contribution in [0.2, 0.25) is 0 Å². The molecule has 6 heteroatoms. The molecule has 1 saturated heterocycles. The molecular formula is C26H24N2O4. The number of benzene rings is 2. The monoisotopic (exact) mass is 428 g/mol. The number of likely N-dealkylation sites (tertiary alicyclic amines) is 1. The highest BCUT2D eigenvalue weighted by Gasteiger charge is 2.40. The molecule has 0 spiro atoms. The molecule has 3 aromatic rings. The molecule has 0 radical (unpaired) electrons. The van der Waals surface area contributed by atoms with Crippen LogP contribution < -0.4 is 15.0 Å². The second-order valence-corrected chi connectivity index (χ2v) is 8.87. The molecule has 32 heavy (non-hydrogen) atoms. The maximum Gasteiger partial charge on any atom is 0.254 e. The van der Waals surface area contributed by atoms with Crippen molar-refractivity contribution < 1.29 is 14.3 Å². The van der Waals surface area contributed by atoms with E-state index in [0.29, 0.717) is 24.9 Å². The summed E-state index contributed by atoms with van der Waals surface area (Å²) in [7, 11) is 0. The van der Waals surface area contributed by atoms with Crippen molar-refractivity contribution in [1.82, 2.24) is 9.47 Å². The minimum atomic E-state index is -0.387. The topological polar surface area (TPSA) is 60.8 Å². The Morgan fingerprint density at radius 2 is 1.59 bits per heavy atom. The van der Waals surface area contributed by atoms with Gasteiger partial charge in [-0.1, -0.05) is 36.4 Å². The second kappa shape index (κ2) is 7.26. The minimum absolute atomic E-state index is 0.00910. The number of aromatic nitrogens is 1. The zero-order valence-corrected chi connectivity index (χ0v) is 17.9. The number of carbonyl (C=O) groups is 1. The van der Waals surface area contributed by atoms with Crippen LogP contribution in [0.4, 0.5) is 0 Å². The van der Waals surface area contributed by atoms with Gasteiger partial charge in [0.2, 0.25) is 5.91 Å². The summed E-state index contributed by atoms with van der Waals surface area (Å²) in [5.74, 6) is 1.70. The predicted molar refractivity (Wildman–Crippen MR) is 120 cm³/mol. The Morgan fingerprint density at radius 1 is 0.969 bits per heavy atom. The second-order valence-electron chi connectivity index (χ2n) is 8.87. The van der Waals surface area contributed by atoms with Gasteiger partial charge in [0.15, 0.2) is 0 Å². The molecule has 2 aromatic carbocycles. The van der Waals surface area contributed by atoms with Crippen molar-refractivity contribution in [3.8, 4) is 17.2 Å².